The van der Waals surface area contributed by atoms with Crippen LogP contribution in [-0.2, 0) is 9.53 Å². The van der Waals surface area contributed by atoms with Gasteiger partial charge in [-0.3, -0.25) is 4.79 Å². The Morgan fingerprint density at radius 1 is 1.03 bits per heavy atom. The molecule has 0 aliphatic carbocycles. The number of nitrogens with one attached hydrogen (secondary N) is 2. The van der Waals surface area contributed by atoms with Gasteiger partial charge in [0, 0.05) is 43.7 Å². The van der Waals surface area contributed by atoms with Crippen LogP contribution < -0.4 is 10.6 Å². The van der Waals surface area contributed by atoms with Crippen LogP contribution in [0.4, 0.5) is 4.39 Å². The fourth-order valence-corrected chi connectivity index (χ4v) is 4.17. The van der Waals surface area contributed by atoms with E-state index >= 15 is 0 Å². The topological polar surface area (TPSA) is 53.6 Å². The van der Waals surface area contributed by atoms with Crippen molar-refractivity contribution in [3.63, 3.8) is 0 Å². The van der Waals surface area contributed by atoms with E-state index in [1.807, 2.05) is 13.8 Å². The molecule has 0 rings (SSSR count). The molecule has 0 aliphatic heterocycles. The number of halogens is 1. The molecule has 1 unspecified atom stereocenters. The quantitative estimate of drug-likeness (QED) is 0.266. The van der Waals surface area contributed by atoms with Crippen molar-refractivity contribution < 1.29 is 13.9 Å². The van der Waals surface area contributed by atoms with Crippen molar-refractivity contribution in [2.24, 2.45) is 17.8 Å². The summed E-state index contributed by atoms with van der Waals surface area (Å²) in [5, 5.41) is 6.51. The van der Waals surface area contributed by atoms with E-state index < -0.39 is 6.17 Å². The number of amides is 1. The molecule has 5 nitrogen and oxygen atoms in total. The predicted octanol–water partition coefficient (Wildman–Crippen LogP) is 5.04. The largest absolute Gasteiger partial charge is 0.380 e. The van der Waals surface area contributed by atoms with Crippen LogP contribution in [0.15, 0.2) is 0 Å². The summed E-state index contributed by atoms with van der Waals surface area (Å²) in [5.41, 5.74) is 0. The Bertz CT molecular complexity index is 476. The van der Waals surface area contributed by atoms with Crippen LogP contribution >= 0.6 is 0 Å². The molecule has 6 heteroatoms. The number of rotatable bonds is 19. The fraction of sp³-hybridized carbons (Fsp3) is 0.962. The van der Waals surface area contributed by atoms with Crippen molar-refractivity contribution in [1.82, 2.24) is 15.5 Å². The lowest BCUT2D eigenvalue weighted by Gasteiger charge is -2.34. The van der Waals surface area contributed by atoms with Gasteiger partial charge in [-0.25, -0.2) is 4.39 Å². The van der Waals surface area contributed by atoms with Gasteiger partial charge in [0.15, 0.2) is 0 Å². The maximum Gasteiger partial charge on any atom is 0.222 e. The van der Waals surface area contributed by atoms with Crippen molar-refractivity contribution >= 4 is 5.91 Å². The Balaban J connectivity index is 4.74. The second kappa shape index (κ2) is 17.7. The molecular weight excluding hydrogens is 405 g/mol. The Kier molecular flexibility index (Phi) is 17.3. The van der Waals surface area contributed by atoms with Crippen LogP contribution in [0.1, 0.15) is 88.0 Å². The van der Waals surface area contributed by atoms with Gasteiger partial charge in [0.1, 0.15) is 6.17 Å². The Labute approximate surface area is 198 Å². The summed E-state index contributed by atoms with van der Waals surface area (Å²) >= 11 is 0. The molecule has 0 fully saturated rings. The lowest BCUT2D eigenvalue weighted by atomic mass is 9.95. The van der Waals surface area contributed by atoms with Gasteiger partial charge < -0.3 is 20.3 Å². The third-order valence-corrected chi connectivity index (χ3v) is 6.47. The van der Waals surface area contributed by atoms with Crippen LogP contribution in [0.25, 0.3) is 0 Å². The zero-order valence-corrected chi connectivity index (χ0v) is 22.5. The lowest BCUT2D eigenvalue weighted by molar-refractivity contribution is -0.125. The zero-order chi connectivity index (χ0) is 24.7. The van der Waals surface area contributed by atoms with Crippen molar-refractivity contribution in [1.29, 1.82) is 0 Å². The number of carbonyl (C=O) groups excluding carboxylic acids is 1. The third-order valence-electron chi connectivity index (χ3n) is 6.47. The smallest absolute Gasteiger partial charge is 0.222 e. The normalized spacial score (nSPS) is 17.8. The van der Waals surface area contributed by atoms with Crippen molar-refractivity contribution in [3.8, 4) is 0 Å². The number of hydrogen-bond donors (Lipinski definition) is 2. The highest BCUT2D eigenvalue weighted by Gasteiger charge is 2.24. The van der Waals surface area contributed by atoms with Gasteiger partial charge in [0.25, 0.3) is 0 Å². The molecule has 0 saturated heterocycles. The van der Waals surface area contributed by atoms with E-state index in [9.17, 15) is 9.18 Å². The summed E-state index contributed by atoms with van der Waals surface area (Å²) in [4.78, 5) is 15.0. The van der Waals surface area contributed by atoms with Crippen LogP contribution in [0, 0.1) is 17.8 Å². The minimum atomic E-state index is -0.830. The number of alkyl halides is 1. The summed E-state index contributed by atoms with van der Waals surface area (Å²) in [6.45, 7) is 22.7. The van der Waals surface area contributed by atoms with E-state index in [1.165, 1.54) is 0 Å². The molecule has 32 heavy (non-hydrogen) atoms. The first-order valence-electron chi connectivity index (χ1n) is 13.0. The van der Waals surface area contributed by atoms with E-state index in [-0.39, 0.29) is 23.9 Å². The highest BCUT2D eigenvalue weighted by Crippen LogP contribution is 2.18. The highest BCUT2D eigenvalue weighted by atomic mass is 19.1. The highest BCUT2D eigenvalue weighted by molar-refractivity contribution is 5.78. The molecule has 0 radical (unpaired) electrons. The summed E-state index contributed by atoms with van der Waals surface area (Å²) < 4.78 is 19.2. The zero-order valence-electron chi connectivity index (χ0n) is 22.5. The van der Waals surface area contributed by atoms with Gasteiger partial charge >= 0.3 is 0 Å². The van der Waals surface area contributed by atoms with Crippen molar-refractivity contribution in [2.45, 2.75) is 112 Å². The summed E-state index contributed by atoms with van der Waals surface area (Å²) in [7, 11) is 0. The van der Waals surface area contributed by atoms with Gasteiger partial charge in [-0.2, -0.15) is 0 Å². The lowest BCUT2D eigenvalue weighted by Crippen LogP contribution is -2.46. The number of carbonyl (C=O) groups is 1. The molecule has 0 aromatic heterocycles. The standard InChI is InChI=1S/C26H54FN3O2/c1-10-12-25(23(8)27)29-24(9)20(5)13-15-30(18-19(3)4)22(7)17-21(6)26(31)28-14-16-32-11-2/h19-25,29H,10-18H2,1-9H3,(H,28,31)/t20-,21?,22-,23+,24+,25+/m0/s1. The molecule has 192 valence electrons. The molecule has 0 aromatic rings. The minimum absolute atomic E-state index is 0.0276. The van der Waals surface area contributed by atoms with Gasteiger partial charge in [0.05, 0.1) is 6.61 Å². The molecule has 0 heterocycles. The first-order valence-corrected chi connectivity index (χ1v) is 13.0. The molecule has 0 aromatic carbocycles. The Morgan fingerprint density at radius 2 is 1.69 bits per heavy atom. The van der Waals surface area contributed by atoms with Crippen LogP contribution in [0.2, 0.25) is 0 Å². The Hall–Kier alpha value is -0.720. The predicted molar refractivity (Wildman–Crippen MR) is 135 cm³/mol. The molecular formula is C26H54FN3O2. The van der Waals surface area contributed by atoms with E-state index in [1.54, 1.807) is 6.92 Å². The molecule has 1 amide bonds. The molecule has 2 N–H and O–H groups in total. The summed E-state index contributed by atoms with van der Waals surface area (Å²) in [5.74, 6) is 1.10. The number of nitrogens with zero attached hydrogens (tertiary/aromatic N) is 1. The van der Waals surface area contributed by atoms with Gasteiger partial charge in [-0.05, 0) is 65.3 Å². The van der Waals surface area contributed by atoms with E-state index in [0.717, 1.165) is 38.8 Å². The Morgan fingerprint density at radius 3 is 2.22 bits per heavy atom. The maximum atomic E-state index is 13.9. The number of ether oxygens (including phenoxy) is 1. The summed E-state index contributed by atoms with van der Waals surface area (Å²) in [6.07, 6.45) is 2.93. The van der Waals surface area contributed by atoms with Crippen molar-refractivity contribution in [3.05, 3.63) is 0 Å². The van der Waals surface area contributed by atoms with E-state index in [4.69, 9.17) is 4.74 Å². The molecule has 0 bridgehead atoms. The van der Waals surface area contributed by atoms with Gasteiger partial charge in [-0.1, -0.05) is 41.0 Å². The van der Waals surface area contributed by atoms with E-state index in [0.29, 0.717) is 37.6 Å². The second-order valence-electron chi connectivity index (χ2n) is 10.2. The van der Waals surface area contributed by atoms with Gasteiger partial charge in [-0.15, -0.1) is 0 Å². The number of hydrogen-bond acceptors (Lipinski definition) is 4. The SMILES string of the molecule is CCC[C@@H](N[C@H](C)[C@@H](C)CCN(CC(C)C)[C@@H](C)CC(C)C(=O)NCCOCC)[C@@H](C)F. The molecule has 0 aliphatic rings. The molecule has 6 atom stereocenters. The average molecular weight is 460 g/mol. The van der Waals surface area contributed by atoms with Crippen LogP contribution in [0.3, 0.4) is 0 Å². The minimum Gasteiger partial charge on any atom is -0.380 e. The molecule has 0 saturated carbocycles. The average Bonchev–Trinajstić information content (AvgIpc) is 2.72. The molecule has 0 spiro atoms. The summed E-state index contributed by atoms with van der Waals surface area (Å²) in [6, 6.07) is 0.542. The van der Waals surface area contributed by atoms with Crippen molar-refractivity contribution in [2.75, 3.05) is 32.8 Å². The maximum absolute atomic E-state index is 13.9. The van der Waals surface area contributed by atoms with Gasteiger partial charge in [0.2, 0.25) is 5.91 Å². The monoisotopic (exact) mass is 459 g/mol. The first kappa shape index (κ1) is 31.3. The first-order chi connectivity index (χ1) is 15.0. The van der Waals surface area contributed by atoms with Crippen LogP contribution in [0.5, 0.6) is 0 Å². The second-order valence-corrected chi connectivity index (χ2v) is 10.2. The third kappa shape index (κ3) is 13.7. The van der Waals surface area contributed by atoms with E-state index in [2.05, 4.69) is 57.1 Å². The fourth-order valence-electron chi connectivity index (χ4n) is 4.17. The van der Waals surface area contributed by atoms with Crippen LogP contribution in [-0.4, -0.2) is 68.0 Å².